The number of hydrogen-bond acceptors (Lipinski definition) is 5. The third kappa shape index (κ3) is 2.21. The van der Waals surface area contributed by atoms with Crippen molar-refractivity contribution in [2.24, 2.45) is 5.73 Å². The van der Waals surface area contributed by atoms with Crippen LogP contribution in [0.1, 0.15) is 12.8 Å². The van der Waals surface area contributed by atoms with Crippen molar-refractivity contribution in [1.82, 2.24) is 19.7 Å². The molecule has 1 unspecified atom stereocenters. The number of aromatic nitrogens is 4. The largest absolute Gasteiger partial charge is 0.354 e. The predicted octanol–water partition coefficient (Wildman–Crippen LogP) is 1.74. The van der Waals surface area contributed by atoms with E-state index in [0.717, 1.165) is 48.5 Å². The number of nitrogens with zero attached hydrogens (tertiary/aromatic N) is 5. The predicted molar refractivity (Wildman–Crippen MR) is 86.1 cm³/mol. The summed E-state index contributed by atoms with van der Waals surface area (Å²) in [5.41, 5.74) is 7.92. The molecule has 6 heteroatoms. The number of anilines is 1. The Morgan fingerprint density at radius 3 is 2.82 bits per heavy atom. The summed E-state index contributed by atoms with van der Waals surface area (Å²) in [6, 6.07) is 10.2. The van der Waals surface area contributed by atoms with Crippen LogP contribution in [0.25, 0.3) is 16.7 Å². The molecule has 0 saturated carbocycles. The summed E-state index contributed by atoms with van der Waals surface area (Å²) in [5.74, 6) is 0.933. The van der Waals surface area contributed by atoms with Gasteiger partial charge in [-0.25, -0.2) is 14.6 Å². The molecule has 3 heterocycles. The van der Waals surface area contributed by atoms with Crippen LogP contribution in [-0.4, -0.2) is 38.9 Å². The van der Waals surface area contributed by atoms with E-state index in [-0.39, 0.29) is 6.04 Å². The van der Waals surface area contributed by atoms with Gasteiger partial charge in [-0.1, -0.05) is 18.2 Å². The first kappa shape index (κ1) is 13.2. The Hall–Kier alpha value is -2.47. The van der Waals surface area contributed by atoms with Crippen LogP contribution in [0.3, 0.4) is 0 Å². The standard InChI is InChI=1S/C16H18N6/c17-12-5-4-8-21(10-12)15-14-9-20-22(16(14)19-11-18-15)13-6-2-1-3-7-13/h1-3,6-7,9,11-12H,4-5,8,10,17H2. The Balaban J connectivity index is 1.80. The lowest BCUT2D eigenvalue weighted by Crippen LogP contribution is -2.43. The van der Waals surface area contributed by atoms with E-state index in [1.54, 1.807) is 6.33 Å². The van der Waals surface area contributed by atoms with Crippen LogP contribution < -0.4 is 10.6 Å². The number of fused-ring (bicyclic) bond motifs is 1. The van der Waals surface area contributed by atoms with Gasteiger partial charge in [0.25, 0.3) is 0 Å². The Morgan fingerprint density at radius 2 is 2.00 bits per heavy atom. The van der Waals surface area contributed by atoms with Crippen molar-refractivity contribution in [2.75, 3.05) is 18.0 Å². The molecule has 22 heavy (non-hydrogen) atoms. The van der Waals surface area contributed by atoms with Crippen LogP contribution in [-0.2, 0) is 0 Å². The molecule has 1 aliphatic heterocycles. The second-order valence-corrected chi connectivity index (χ2v) is 5.67. The van der Waals surface area contributed by atoms with Crippen molar-refractivity contribution >= 4 is 16.9 Å². The minimum absolute atomic E-state index is 0.211. The summed E-state index contributed by atoms with van der Waals surface area (Å²) < 4.78 is 1.85. The van der Waals surface area contributed by atoms with E-state index in [1.807, 2.05) is 41.2 Å². The van der Waals surface area contributed by atoms with Crippen LogP contribution in [0.4, 0.5) is 5.82 Å². The van der Waals surface area contributed by atoms with E-state index in [9.17, 15) is 0 Å². The van der Waals surface area contributed by atoms with Gasteiger partial charge >= 0.3 is 0 Å². The third-order valence-electron chi connectivity index (χ3n) is 4.10. The Morgan fingerprint density at radius 1 is 1.14 bits per heavy atom. The summed E-state index contributed by atoms with van der Waals surface area (Å²) in [6.07, 6.45) is 5.63. The average Bonchev–Trinajstić information content (AvgIpc) is 2.99. The third-order valence-corrected chi connectivity index (χ3v) is 4.10. The Bertz CT molecular complexity index is 782. The summed E-state index contributed by atoms with van der Waals surface area (Å²) in [4.78, 5) is 11.1. The van der Waals surface area contributed by atoms with Crippen molar-refractivity contribution in [3.63, 3.8) is 0 Å². The number of nitrogens with two attached hydrogens (primary N) is 1. The van der Waals surface area contributed by atoms with Crippen molar-refractivity contribution in [1.29, 1.82) is 0 Å². The molecular formula is C16H18N6. The second kappa shape index (κ2) is 5.38. The zero-order valence-corrected chi connectivity index (χ0v) is 12.3. The zero-order valence-electron chi connectivity index (χ0n) is 12.3. The average molecular weight is 294 g/mol. The molecule has 1 aromatic carbocycles. The van der Waals surface area contributed by atoms with Gasteiger partial charge in [0.05, 0.1) is 17.3 Å². The van der Waals surface area contributed by atoms with Gasteiger partial charge in [0.1, 0.15) is 12.1 Å². The molecule has 6 nitrogen and oxygen atoms in total. The molecule has 0 bridgehead atoms. The maximum atomic E-state index is 6.10. The van der Waals surface area contributed by atoms with Crippen LogP contribution in [0.5, 0.6) is 0 Å². The first-order valence-corrected chi connectivity index (χ1v) is 7.57. The first-order chi connectivity index (χ1) is 10.8. The molecule has 3 aromatic rings. The number of para-hydroxylation sites is 1. The quantitative estimate of drug-likeness (QED) is 0.779. The summed E-state index contributed by atoms with van der Waals surface area (Å²) in [7, 11) is 0. The zero-order chi connectivity index (χ0) is 14.9. The van der Waals surface area contributed by atoms with Crippen molar-refractivity contribution in [2.45, 2.75) is 18.9 Å². The number of rotatable bonds is 2. The lowest BCUT2D eigenvalue weighted by molar-refractivity contribution is 0.504. The molecule has 0 amide bonds. The summed E-state index contributed by atoms with van der Waals surface area (Å²) >= 11 is 0. The van der Waals surface area contributed by atoms with E-state index in [4.69, 9.17) is 5.73 Å². The topological polar surface area (TPSA) is 72.9 Å². The van der Waals surface area contributed by atoms with Gasteiger partial charge in [-0.15, -0.1) is 0 Å². The molecule has 112 valence electrons. The van der Waals surface area contributed by atoms with E-state index in [1.165, 1.54) is 0 Å². The van der Waals surface area contributed by atoms with Gasteiger partial charge in [-0.05, 0) is 25.0 Å². The monoisotopic (exact) mass is 294 g/mol. The number of piperidine rings is 1. The molecule has 1 atom stereocenters. The summed E-state index contributed by atoms with van der Waals surface area (Å²) in [6.45, 7) is 1.82. The van der Waals surface area contributed by atoms with Gasteiger partial charge in [0.15, 0.2) is 5.65 Å². The van der Waals surface area contributed by atoms with E-state index >= 15 is 0 Å². The smallest absolute Gasteiger partial charge is 0.168 e. The van der Waals surface area contributed by atoms with Gasteiger partial charge in [0.2, 0.25) is 0 Å². The fraction of sp³-hybridized carbons (Fsp3) is 0.312. The molecule has 4 rings (SSSR count). The fourth-order valence-corrected chi connectivity index (χ4v) is 3.04. The second-order valence-electron chi connectivity index (χ2n) is 5.67. The van der Waals surface area contributed by atoms with Crippen LogP contribution in [0.2, 0.25) is 0 Å². The lowest BCUT2D eigenvalue weighted by Gasteiger charge is -2.31. The SMILES string of the molecule is NC1CCCN(c2ncnc3c2cnn3-c2ccccc2)C1. The van der Waals surface area contributed by atoms with Crippen molar-refractivity contribution in [3.8, 4) is 5.69 Å². The molecule has 2 N–H and O–H groups in total. The van der Waals surface area contributed by atoms with Gasteiger partial charge in [-0.3, -0.25) is 0 Å². The molecule has 2 aromatic heterocycles. The Kier molecular flexibility index (Phi) is 3.23. The van der Waals surface area contributed by atoms with E-state index < -0.39 is 0 Å². The van der Waals surface area contributed by atoms with Crippen LogP contribution in [0, 0.1) is 0 Å². The summed E-state index contributed by atoms with van der Waals surface area (Å²) in [5, 5.41) is 5.47. The highest BCUT2D eigenvalue weighted by molar-refractivity contribution is 5.87. The van der Waals surface area contributed by atoms with E-state index in [0.29, 0.717) is 0 Å². The molecular weight excluding hydrogens is 276 g/mol. The molecule has 1 fully saturated rings. The lowest BCUT2D eigenvalue weighted by atomic mass is 10.1. The molecule has 1 aliphatic rings. The molecule has 0 radical (unpaired) electrons. The minimum Gasteiger partial charge on any atom is -0.354 e. The van der Waals surface area contributed by atoms with Crippen molar-refractivity contribution < 1.29 is 0 Å². The van der Waals surface area contributed by atoms with Crippen LogP contribution in [0.15, 0.2) is 42.9 Å². The van der Waals surface area contributed by atoms with Gasteiger partial charge < -0.3 is 10.6 Å². The molecule has 0 aliphatic carbocycles. The highest BCUT2D eigenvalue weighted by atomic mass is 15.3. The maximum absolute atomic E-state index is 6.10. The normalized spacial score (nSPS) is 18.8. The fourth-order valence-electron chi connectivity index (χ4n) is 3.04. The first-order valence-electron chi connectivity index (χ1n) is 7.57. The number of benzene rings is 1. The Labute approximate surface area is 128 Å². The van der Waals surface area contributed by atoms with E-state index in [2.05, 4.69) is 20.0 Å². The van der Waals surface area contributed by atoms with Crippen LogP contribution >= 0.6 is 0 Å². The molecule has 0 spiro atoms. The number of hydrogen-bond donors (Lipinski definition) is 1. The van der Waals surface area contributed by atoms with Crippen molar-refractivity contribution in [3.05, 3.63) is 42.9 Å². The molecule has 1 saturated heterocycles. The minimum atomic E-state index is 0.211. The maximum Gasteiger partial charge on any atom is 0.168 e. The van der Waals surface area contributed by atoms with Gasteiger partial charge in [-0.2, -0.15) is 5.10 Å². The van der Waals surface area contributed by atoms with Gasteiger partial charge in [0, 0.05) is 19.1 Å². The highest BCUT2D eigenvalue weighted by Gasteiger charge is 2.21. The highest BCUT2D eigenvalue weighted by Crippen LogP contribution is 2.26.